The van der Waals surface area contributed by atoms with Crippen molar-refractivity contribution in [1.82, 2.24) is 9.62 Å². The number of hydrogen-bond acceptors (Lipinski definition) is 4. The smallest absolute Gasteiger partial charge is 0.243 e. The van der Waals surface area contributed by atoms with Crippen molar-refractivity contribution in [3.05, 3.63) is 94.5 Å². The number of sulfonamides is 1. The van der Waals surface area contributed by atoms with Gasteiger partial charge < -0.3 is 10.1 Å². The number of ether oxygens (including phenoxy) is 1. The molecule has 6 nitrogen and oxygen atoms in total. The number of carbonyl (C=O) groups is 1. The monoisotopic (exact) mass is 486 g/mol. The zero-order chi connectivity index (χ0) is 24.0. The number of methoxy groups -OCH3 is 1. The molecule has 0 fully saturated rings. The maximum atomic E-state index is 13.4. The number of aryl methyl sites for hydroxylation is 1. The third-order valence-corrected chi connectivity index (χ3v) is 7.25. The van der Waals surface area contributed by atoms with Gasteiger partial charge in [-0.3, -0.25) is 4.79 Å². The van der Waals surface area contributed by atoms with Crippen LogP contribution in [0.3, 0.4) is 0 Å². The fourth-order valence-corrected chi connectivity index (χ4v) is 5.06. The van der Waals surface area contributed by atoms with Crippen molar-refractivity contribution in [1.29, 1.82) is 0 Å². The van der Waals surface area contributed by atoms with E-state index in [9.17, 15) is 13.2 Å². The van der Waals surface area contributed by atoms with Crippen molar-refractivity contribution in [3.8, 4) is 5.75 Å². The molecule has 0 aromatic heterocycles. The number of hydrogen-bond donors (Lipinski definition) is 1. The minimum atomic E-state index is -3.95. The van der Waals surface area contributed by atoms with Crippen molar-refractivity contribution in [3.63, 3.8) is 0 Å². The SMILES string of the molecule is COc1ccccc1[C@H](C)NC(=O)CN(Cc1cccc(C)c1)S(=O)(=O)c1ccc(Cl)cc1. The molecule has 1 amide bonds. The van der Waals surface area contributed by atoms with Crippen LogP contribution in [0.4, 0.5) is 0 Å². The molecule has 3 rings (SSSR count). The van der Waals surface area contributed by atoms with Gasteiger partial charge in [-0.1, -0.05) is 59.6 Å². The van der Waals surface area contributed by atoms with Crippen LogP contribution < -0.4 is 10.1 Å². The zero-order valence-electron chi connectivity index (χ0n) is 18.8. The number of halogens is 1. The Hall–Kier alpha value is -2.87. The molecule has 0 spiro atoms. The highest BCUT2D eigenvalue weighted by molar-refractivity contribution is 7.89. The maximum Gasteiger partial charge on any atom is 0.243 e. The van der Waals surface area contributed by atoms with Gasteiger partial charge in [0, 0.05) is 17.1 Å². The maximum absolute atomic E-state index is 13.4. The molecule has 3 aromatic rings. The van der Waals surface area contributed by atoms with Gasteiger partial charge >= 0.3 is 0 Å². The van der Waals surface area contributed by atoms with E-state index in [2.05, 4.69) is 5.32 Å². The van der Waals surface area contributed by atoms with Crippen LogP contribution in [0, 0.1) is 6.92 Å². The minimum absolute atomic E-state index is 0.0586. The summed E-state index contributed by atoms with van der Waals surface area (Å²) in [5.41, 5.74) is 2.60. The van der Waals surface area contributed by atoms with Crippen LogP contribution in [0.5, 0.6) is 5.75 Å². The Balaban J connectivity index is 1.85. The summed E-state index contributed by atoms with van der Waals surface area (Å²) < 4.78 is 33.4. The predicted octanol–water partition coefficient (Wildman–Crippen LogP) is 4.73. The summed E-state index contributed by atoms with van der Waals surface area (Å²) in [5, 5.41) is 3.32. The lowest BCUT2D eigenvalue weighted by atomic mass is 10.1. The first-order valence-corrected chi connectivity index (χ1v) is 12.3. The average molecular weight is 487 g/mol. The van der Waals surface area contributed by atoms with Crippen molar-refractivity contribution < 1.29 is 17.9 Å². The van der Waals surface area contributed by atoms with Crippen molar-refractivity contribution >= 4 is 27.5 Å². The van der Waals surface area contributed by atoms with E-state index in [1.165, 1.54) is 28.6 Å². The first kappa shape index (κ1) is 24.8. The third kappa shape index (κ3) is 6.35. The molecule has 0 bridgehead atoms. The summed E-state index contributed by atoms with van der Waals surface area (Å²) in [6.07, 6.45) is 0. The second-order valence-electron chi connectivity index (χ2n) is 7.75. The van der Waals surface area contributed by atoms with Crippen LogP contribution in [-0.2, 0) is 21.4 Å². The molecular weight excluding hydrogens is 460 g/mol. The topological polar surface area (TPSA) is 75.7 Å². The van der Waals surface area contributed by atoms with Gasteiger partial charge in [0.05, 0.1) is 24.6 Å². The second-order valence-corrected chi connectivity index (χ2v) is 10.1. The average Bonchev–Trinajstić information content (AvgIpc) is 2.79. The van der Waals surface area contributed by atoms with E-state index in [-0.39, 0.29) is 24.0 Å². The summed E-state index contributed by atoms with van der Waals surface area (Å²) >= 11 is 5.93. The fraction of sp³-hybridized carbons (Fsp3) is 0.240. The first-order chi connectivity index (χ1) is 15.7. The van der Waals surface area contributed by atoms with Gasteiger partial charge in [-0.2, -0.15) is 4.31 Å². The quantitative estimate of drug-likeness (QED) is 0.474. The molecule has 33 heavy (non-hydrogen) atoms. The molecular formula is C25H27ClN2O4S. The Labute approximate surface area is 200 Å². The van der Waals surface area contributed by atoms with Crippen LogP contribution in [0.25, 0.3) is 0 Å². The Morgan fingerprint density at radius 1 is 1.06 bits per heavy atom. The normalized spacial score (nSPS) is 12.4. The lowest BCUT2D eigenvalue weighted by molar-refractivity contribution is -0.122. The standard InChI is InChI=1S/C25H27ClN2O4S/c1-18-7-6-8-20(15-18)16-28(33(30,31)22-13-11-21(26)12-14-22)17-25(29)27-19(2)23-9-4-5-10-24(23)32-3/h4-15,19H,16-17H2,1-3H3,(H,27,29)/t19-/m0/s1. The molecule has 1 atom stereocenters. The molecule has 1 N–H and O–H groups in total. The van der Waals surface area contributed by atoms with E-state index in [1.807, 2.05) is 62.4 Å². The number of nitrogens with one attached hydrogen (secondary N) is 1. The number of rotatable bonds is 9. The van der Waals surface area contributed by atoms with Crippen LogP contribution >= 0.6 is 11.6 Å². The molecule has 0 heterocycles. The van der Waals surface area contributed by atoms with E-state index < -0.39 is 15.9 Å². The van der Waals surface area contributed by atoms with Gasteiger partial charge in [0.2, 0.25) is 15.9 Å². The first-order valence-electron chi connectivity index (χ1n) is 10.4. The highest BCUT2D eigenvalue weighted by Gasteiger charge is 2.28. The van der Waals surface area contributed by atoms with Crippen LogP contribution in [-0.4, -0.2) is 32.3 Å². The summed E-state index contributed by atoms with van der Waals surface area (Å²) in [6.45, 7) is 3.49. The molecule has 0 saturated carbocycles. The lowest BCUT2D eigenvalue weighted by Crippen LogP contribution is -2.41. The van der Waals surface area contributed by atoms with Gasteiger partial charge in [0.1, 0.15) is 5.75 Å². The Bertz CT molecular complexity index is 1210. The Kier molecular flexibility index (Phi) is 8.13. The number of carbonyl (C=O) groups excluding carboxylic acids is 1. The molecule has 0 aliphatic heterocycles. The lowest BCUT2D eigenvalue weighted by Gasteiger charge is -2.24. The summed E-state index contributed by atoms with van der Waals surface area (Å²) in [6, 6.07) is 20.5. The van der Waals surface area contributed by atoms with E-state index in [0.29, 0.717) is 10.8 Å². The van der Waals surface area contributed by atoms with Gasteiger partial charge in [0.15, 0.2) is 0 Å². The molecule has 0 aliphatic rings. The summed E-state index contributed by atoms with van der Waals surface area (Å²) in [4.78, 5) is 13.0. The van der Waals surface area contributed by atoms with Crippen molar-refractivity contribution in [2.24, 2.45) is 0 Å². The van der Waals surface area contributed by atoms with E-state index >= 15 is 0 Å². The molecule has 0 aliphatic carbocycles. The summed E-state index contributed by atoms with van der Waals surface area (Å²) in [5.74, 6) is 0.231. The van der Waals surface area contributed by atoms with Gasteiger partial charge in [-0.25, -0.2) is 8.42 Å². The number of nitrogens with zero attached hydrogens (tertiary/aromatic N) is 1. The third-order valence-electron chi connectivity index (χ3n) is 5.20. The van der Waals surface area contributed by atoms with Gasteiger partial charge in [-0.05, 0) is 49.7 Å². The van der Waals surface area contributed by atoms with Crippen molar-refractivity contribution in [2.45, 2.75) is 31.3 Å². The number of amides is 1. The molecule has 0 radical (unpaired) electrons. The number of para-hydroxylation sites is 1. The fourth-order valence-electron chi connectivity index (χ4n) is 3.54. The van der Waals surface area contributed by atoms with Crippen LogP contribution in [0.1, 0.15) is 29.7 Å². The highest BCUT2D eigenvalue weighted by Crippen LogP contribution is 2.25. The predicted molar refractivity (Wildman–Crippen MR) is 130 cm³/mol. The van der Waals surface area contributed by atoms with Crippen LogP contribution in [0.15, 0.2) is 77.7 Å². The minimum Gasteiger partial charge on any atom is -0.496 e. The molecule has 174 valence electrons. The molecule has 0 saturated heterocycles. The Morgan fingerprint density at radius 3 is 2.42 bits per heavy atom. The van der Waals surface area contributed by atoms with Crippen molar-refractivity contribution in [2.75, 3.05) is 13.7 Å². The molecule has 8 heteroatoms. The van der Waals surface area contributed by atoms with Gasteiger partial charge in [0.25, 0.3) is 0 Å². The summed E-state index contributed by atoms with van der Waals surface area (Å²) in [7, 11) is -2.38. The van der Waals surface area contributed by atoms with Gasteiger partial charge in [-0.15, -0.1) is 0 Å². The van der Waals surface area contributed by atoms with E-state index in [0.717, 1.165) is 16.7 Å². The zero-order valence-corrected chi connectivity index (χ0v) is 20.4. The van der Waals surface area contributed by atoms with E-state index in [1.54, 1.807) is 7.11 Å². The second kappa shape index (κ2) is 10.8. The molecule has 0 unspecified atom stereocenters. The molecule has 3 aromatic carbocycles. The van der Waals surface area contributed by atoms with E-state index in [4.69, 9.17) is 16.3 Å². The number of benzene rings is 3. The largest absolute Gasteiger partial charge is 0.496 e. The Morgan fingerprint density at radius 2 is 1.76 bits per heavy atom. The van der Waals surface area contributed by atoms with Crippen LogP contribution in [0.2, 0.25) is 5.02 Å². The highest BCUT2D eigenvalue weighted by atomic mass is 35.5.